The van der Waals surface area contributed by atoms with E-state index >= 15 is 0 Å². The summed E-state index contributed by atoms with van der Waals surface area (Å²) in [5, 5.41) is 3.17. The number of aliphatic imine (C=N–C) groups is 1. The fourth-order valence-electron chi connectivity index (χ4n) is 4.71. The molecular formula is C27H27F2N3S. The Bertz CT molecular complexity index is 1090. The van der Waals surface area contributed by atoms with E-state index in [9.17, 15) is 8.78 Å². The van der Waals surface area contributed by atoms with Crippen LogP contribution < -0.4 is 0 Å². The Labute approximate surface area is 198 Å². The monoisotopic (exact) mass is 463 g/mol. The Hall–Kier alpha value is -2.70. The minimum atomic E-state index is -0.246. The van der Waals surface area contributed by atoms with Crippen molar-refractivity contribution in [1.29, 1.82) is 0 Å². The number of thioether (sulfide) groups is 1. The molecule has 33 heavy (non-hydrogen) atoms. The van der Waals surface area contributed by atoms with Gasteiger partial charge in [-0.05, 0) is 78.1 Å². The number of nitrogens with zero attached hydrogens (tertiary/aromatic N) is 3. The summed E-state index contributed by atoms with van der Waals surface area (Å²) in [6.45, 7) is 6.06. The average molecular weight is 464 g/mol. The van der Waals surface area contributed by atoms with Crippen LogP contribution in [-0.2, 0) is 0 Å². The van der Waals surface area contributed by atoms with Gasteiger partial charge in [-0.15, -0.1) is 0 Å². The van der Waals surface area contributed by atoms with Gasteiger partial charge in [0.15, 0.2) is 5.17 Å². The summed E-state index contributed by atoms with van der Waals surface area (Å²) in [7, 11) is 0. The predicted octanol–water partition coefficient (Wildman–Crippen LogP) is 6.42. The predicted molar refractivity (Wildman–Crippen MR) is 133 cm³/mol. The fourth-order valence-corrected chi connectivity index (χ4v) is 5.49. The molecule has 2 aromatic rings. The quantitative estimate of drug-likeness (QED) is 0.510. The van der Waals surface area contributed by atoms with Crippen LogP contribution in [0.25, 0.3) is 5.57 Å². The molecule has 5 rings (SSSR count). The zero-order valence-electron chi connectivity index (χ0n) is 18.7. The number of halogens is 2. The lowest BCUT2D eigenvalue weighted by molar-refractivity contribution is 0.258. The highest BCUT2D eigenvalue weighted by Crippen LogP contribution is 2.33. The van der Waals surface area contributed by atoms with Crippen molar-refractivity contribution in [3.8, 4) is 0 Å². The van der Waals surface area contributed by atoms with E-state index in [1.54, 1.807) is 11.8 Å². The minimum absolute atomic E-state index is 0.246. The first-order valence-electron chi connectivity index (χ1n) is 11.4. The number of likely N-dealkylation sites (tertiary alicyclic amines) is 1. The Morgan fingerprint density at radius 3 is 2.15 bits per heavy atom. The molecule has 0 bridgehead atoms. The Morgan fingerprint density at radius 1 is 0.939 bits per heavy atom. The first-order chi connectivity index (χ1) is 16.1. The minimum Gasteiger partial charge on any atom is -0.323 e. The second-order valence-corrected chi connectivity index (χ2v) is 9.57. The molecule has 3 aliphatic heterocycles. The molecule has 3 nitrogen and oxygen atoms in total. The number of benzene rings is 2. The van der Waals surface area contributed by atoms with Gasteiger partial charge in [-0.25, -0.2) is 13.8 Å². The smallest absolute Gasteiger partial charge is 0.172 e. The summed E-state index contributed by atoms with van der Waals surface area (Å²) in [6, 6.07) is 13.3. The standard InChI is InChI=1S/C27H27F2N3S/c1-19-23(18-32-16-17-33-27(32)30-19)12-15-31-13-10-22(11-14-31)26(20-2-6-24(28)7-3-20)21-4-8-25(29)9-5-21/h2-9,16-17H,10-15,18H2,1H3. The van der Waals surface area contributed by atoms with Gasteiger partial charge in [-0.3, -0.25) is 0 Å². The number of amidine groups is 1. The van der Waals surface area contributed by atoms with E-state index < -0.39 is 0 Å². The maximum atomic E-state index is 13.5. The van der Waals surface area contributed by atoms with Crippen LogP contribution in [0.2, 0.25) is 0 Å². The molecule has 0 amide bonds. The normalized spacial score (nSPS) is 18.6. The third-order valence-corrected chi connectivity index (χ3v) is 7.40. The third-order valence-electron chi connectivity index (χ3n) is 6.60. The number of hydrogen-bond donors (Lipinski definition) is 0. The Balaban J connectivity index is 1.29. The molecule has 0 radical (unpaired) electrons. The van der Waals surface area contributed by atoms with E-state index in [1.165, 1.54) is 35.4 Å². The molecule has 6 heteroatoms. The first kappa shape index (κ1) is 22.1. The summed E-state index contributed by atoms with van der Waals surface area (Å²) in [4.78, 5) is 9.49. The summed E-state index contributed by atoms with van der Waals surface area (Å²) in [5.74, 6) is -0.493. The van der Waals surface area contributed by atoms with E-state index in [-0.39, 0.29) is 11.6 Å². The summed E-state index contributed by atoms with van der Waals surface area (Å²) < 4.78 is 27.1. The van der Waals surface area contributed by atoms with E-state index in [2.05, 4.69) is 28.3 Å². The molecule has 0 aromatic heterocycles. The van der Waals surface area contributed by atoms with Gasteiger partial charge in [0, 0.05) is 38.1 Å². The van der Waals surface area contributed by atoms with Crippen molar-refractivity contribution in [1.82, 2.24) is 9.80 Å². The maximum Gasteiger partial charge on any atom is 0.172 e. The molecule has 0 saturated carbocycles. The summed E-state index contributed by atoms with van der Waals surface area (Å²) >= 11 is 1.68. The molecule has 3 heterocycles. The van der Waals surface area contributed by atoms with Crippen molar-refractivity contribution in [2.75, 3.05) is 26.2 Å². The van der Waals surface area contributed by atoms with Gasteiger partial charge in [0.25, 0.3) is 0 Å². The van der Waals surface area contributed by atoms with Crippen molar-refractivity contribution in [3.63, 3.8) is 0 Å². The average Bonchev–Trinajstić information content (AvgIpc) is 3.28. The highest BCUT2D eigenvalue weighted by molar-refractivity contribution is 8.16. The molecule has 3 aliphatic rings. The SMILES string of the molecule is CC1=C(CCN2CCC(=C(c3ccc(F)cc3)c3ccc(F)cc3)CC2)CN2C=CSC2=N1. The molecular weight excluding hydrogens is 436 g/mol. The van der Waals surface area contributed by atoms with E-state index in [0.717, 1.165) is 73.0 Å². The van der Waals surface area contributed by atoms with Crippen molar-refractivity contribution < 1.29 is 8.78 Å². The number of fused-ring (bicyclic) bond motifs is 1. The number of piperidine rings is 1. The highest BCUT2D eigenvalue weighted by atomic mass is 32.2. The molecule has 1 fully saturated rings. The lowest BCUT2D eigenvalue weighted by atomic mass is 9.88. The summed E-state index contributed by atoms with van der Waals surface area (Å²) in [5.41, 5.74) is 7.00. The summed E-state index contributed by atoms with van der Waals surface area (Å²) in [6.07, 6.45) is 5.05. The zero-order valence-corrected chi connectivity index (χ0v) is 19.5. The number of allylic oxidation sites excluding steroid dienone is 1. The van der Waals surface area contributed by atoms with Gasteiger partial charge in [0.05, 0.1) is 0 Å². The molecule has 0 spiro atoms. The lowest BCUT2D eigenvalue weighted by Gasteiger charge is -2.31. The van der Waals surface area contributed by atoms with Crippen LogP contribution in [0, 0.1) is 11.6 Å². The molecule has 0 aliphatic carbocycles. The van der Waals surface area contributed by atoms with Gasteiger partial charge >= 0.3 is 0 Å². The van der Waals surface area contributed by atoms with E-state index in [4.69, 9.17) is 4.99 Å². The third kappa shape index (κ3) is 4.97. The van der Waals surface area contributed by atoms with Crippen LogP contribution in [0.5, 0.6) is 0 Å². The topological polar surface area (TPSA) is 18.8 Å². The Morgan fingerprint density at radius 2 is 1.55 bits per heavy atom. The van der Waals surface area contributed by atoms with Crippen molar-refractivity contribution >= 4 is 22.5 Å². The van der Waals surface area contributed by atoms with Crippen molar-refractivity contribution in [2.24, 2.45) is 4.99 Å². The van der Waals surface area contributed by atoms with Crippen LogP contribution >= 0.6 is 11.8 Å². The molecule has 1 saturated heterocycles. The van der Waals surface area contributed by atoms with Crippen molar-refractivity contribution in [2.45, 2.75) is 26.2 Å². The maximum absolute atomic E-state index is 13.5. The first-order valence-corrected chi connectivity index (χ1v) is 12.3. The van der Waals surface area contributed by atoms with E-state index in [1.807, 2.05) is 24.3 Å². The molecule has 0 unspecified atom stereocenters. The van der Waals surface area contributed by atoms with Crippen LogP contribution in [-0.4, -0.2) is 41.1 Å². The van der Waals surface area contributed by atoms with Crippen molar-refractivity contribution in [3.05, 3.63) is 99.7 Å². The van der Waals surface area contributed by atoms with Crippen LogP contribution in [0.15, 0.2) is 82.0 Å². The molecule has 2 aromatic carbocycles. The number of rotatable bonds is 5. The van der Waals surface area contributed by atoms with Gasteiger partial charge in [-0.2, -0.15) is 0 Å². The van der Waals surface area contributed by atoms with Crippen LogP contribution in [0.1, 0.15) is 37.3 Å². The highest BCUT2D eigenvalue weighted by Gasteiger charge is 2.23. The van der Waals surface area contributed by atoms with Gasteiger partial charge in [0.2, 0.25) is 0 Å². The van der Waals surface area contributed by atoms with Gasteiger partial charge in [0.1, 0.15) is 11.6 Å². The fraction of sp³-hybridized carbons (Fsp3) is 0.296. The van der Waals surface area contributed by atoms with Gasteiger partial charge < -0.3 is 9.80 Å². The number of hydrogen-bond acceptors (Lipinski definition) is 4. The Kier molecular flexibility index (Phi) is 6.47. The second kappa shape index (κ2) is 9.65. The molecule has 0 atom stereocenters. The van der Waals surface area contributed by atoms with Crippen LogP contribution in [0.4, 0.5) is 8.78 Å². The second-order valence-electron chi connectivity index (χ2n) is 8.70. The van der Waals surface area contributed by atoms with Crippen LogP contribution in [0.3, 0.4) is 0 Å². The van der Waals surface area contributed by atoms with Gasteiger partial charge in [-0.1, -0.05) is 41.6 Å². The lowest BCUT2D eigenvalue weighted by Crippen LogP contribution is -2.33. The van der Waals surface area contributed by atoms with E-state index in [0.29, 0.717) is 0 Å². The zero-order chi connectivity index (χ0) is 22.8. The molecule has 0 N–H and O–H groups in total. The largest absolute Gasteiger partial charge is 0.323 e. The molecule has 170 valence electrons.